The average molecular weight is 442 g/mol. The predicted molar refractivity (Wildman–Crippen MR) is 97.2 cm³/mol. The van der Waals surface area contributed by atoms with Crippen molar-refractivity contribution in [2.45, 2.75) is 11.3 Å². The molecule has 0 aliphatic carbocycles. The fourth-order valence-corrected chi connectivity index (χ4v) is 3.94. The van der Waals surface area contributed by atoms with E-state index in [4.69, 9.17) is 4.42 Å². The van der Waals surface area contributed by atoms with Gasteiger partial charge in [0.2, 0.25) is 5.91 Å². The molecule has 0 fully saturated rings. The highest BCUT2D eigenvalue weighted by molar-refractivity contribution is 9.11. The second-order valence-corrected chi connectivity index (χ2v) is 9.64. The highest BCUT2D eigenvalue weighted by Crippen LogP contribution is 2.30. The van der Waals surface area contributed by atoms with Crippen LogP contribution in [0.3, 0.4) is 0 Å². The molecule has 0 saturated carbocycles. The highest BCUT2D eigenvalue weighted by atomic mass is 79.9. The third-order valence-corrected chi connectivity index (χ3v) is 5.91. The molecule has 0 aliphatic heterocycles. The molecule has 3 rings (SSSR count). The van der Waals surface area contributed by atoms with Crippen molar-refractivity contribution < 1.29 is 17.6 Å². The van der Waals surface area contributed by atoms with Crippen molar-refractivity contribution in [2.75, 3.05) is 11.6 Å². The molecule has 0 unspecified atom stereocenters. The molecule has 1 N–H and O–H groups in total. The summed E-state index contributed by atoms with van der Waals surface area (Å²) in [6, 6.07) is 9.84. The molecule has 0 spiro atoms. The standard InChI is InChI=1S/C15H12BrN3O4S2/c1-25(21,22)10-4-2-9(3-5-10)8-13(20)17-15-19-18-14(23-15)11-6-7-12(16)24-11/h2-7H,8H2,1H3,(H,17,19,20). The summed E-state index contributed by atoms with van der Waals surface area (Å²) in [6.07, 6.45) is 1.19. The Balaban J connectivity index is 1.64. The maximum Gasteiger partial charge on any atom is 0.322 e. The number of hydrogen-bond acceptors (Lipinski definition) is 7. The van der Waals surface area contributed by atoms with Gasteiger partial charge >= 0.3 is 6.01 Å². The van der Waals surface area contributed by atoms with Gasteiger partial charge in [-0.3, -0.25) is 10.1 Å². The number of thiophene rings is 1. The molecule has 1 amide bonds. The summed E-state index contributed by atoms with van der Waals surface area (Å²) in [7, 11) is -3.25. The van der Waals surface area contributed by atoms with Gasteiger partial charge in [0, 0.05) is 6.26 Å². The van der Waals surface area contributed by atoms with Crippen molar-refractivity contribution in [1.29, 1.82) is 0 Å². The van der Waals surface area contributed by atoms with Crippen molar-refractivity contribution in [3.8, 4) is 10.8 Å². The number of anilines is 1. The van der Waals surface area contributed by atoms with Crippen LogP contribution in [0.25, 0.3) is 10.8 Å². The first-order valence-electron chi connectivity index (χ1n) is 6.99. The van der Waals surface area contributed by atoms with Crippen molar-refractivity contribution in [2.24, 2.45) is 0 Å². The summed E-state index contributed by atoms with van der Waals surface area (Å²) in [5.74, 6) is -0.0156. The van der Waals surface area contributed by atoms with Crippen molar-refractivity contribution in [1.82, 2.24) is 10.2 Å². The molecule has 10 heteroatoms. The zero-order valence-electron chi connectivity index (χ0n) is 12.9. The van der Waals surface area contributed by atoms with Crippen LogP contribution in [0.5, 0.6) is 0 Å². The van der Waals surface area contributed by atoms with Crippen LogP contribution >= 0.6 is 27.3 Å². The van der Waals surface area contributed by atoms with Gasteiger partial charge in [0.1, 0.15) is 0 Å². The summed E-state index contributed by atoms with van der Waals surface area (Å²) < 4.78 is 29.2. The molecule has 0 radical (unpaired) electrons. The van der Waals surface area contributed by atoms with Gasteiger partial charge in [-0.25, -0.2) is 8.42 Å². The summed E-state index contributed by atoms with van der Waals surface area (Å²) in [5.41, 5.74) is 0.673. The molecule has 2 heterocycles. The van der Waals surface area contributed by atoms with E-state index in [2.05, 4.69) is 31.4 Å². The van der Waals surface area contributed by atoms with Crippen LogP contribution in [0, 0.1) is 0 Å². The lowest BCUT2D eigenvalue weighted by Crippen LogP contribution is -2.14. The van der Waals surface area contributed by atoms with Gasteiger partial charge in [0.05, 0.1) is 20.0 Å². The molecular weight excluding hydrogens is 430 g/mol. The fraction of sp³-hybridized carbons (Fsp3) is 0.133. The largest absolute Gasteiger partial charge is 0.402 e. The Bertz CT molecular complexity index is 1010. The van der Waals surface area contributed by atoms with E-state index in [1.807, 2.05) is 12.1 Å². The number of benzene rings is 1. The van der Waals surface area contributed by atoms with Crippen LogP contribution in [0.2, 0.25) is 0 Å². The molecule has 2 aromatic heterocycles. The Labute approximate surface area is 156 Å². The van der Waals surface area contributed by atoms with Gasteiger partial charge in [0.15, 0.2) is 9.84 Å². The van der Waals surface area contributed by atoms with E-state index in [-0.39, 0.29) is 23.2 Å². The number of carbonyl (C=O) groups excluding carboxylic acids is 1. The number of sulfone groups is 1. The molecule has 0 saturated heterocycles. The smallest absolute Gasteiger partial charge is 0.322 e. The number of aromatic nitrogens is 2. The Morgan fingerprint density at radius 2 is 1.92 bits per heavy atom. The van der Waals surface area contributed by atoms with E-state index >= 15 is 0 Å². The number of halogens is 1. The minimum absolute atomic E-state index is 0.0114. The van der Waals surface area contributed by atoms with Gasteiger partial charge < -0.3 is 4.42 Å². The van der Waals surface area contributed by atoms with Crippen LogP contribution in [-0.2, 0) is 21.1 Å². The maximum atomic E-state index is 12.1. The van der Waals surface area contributed by atoms with Gasteiger partial charge in [-0.2, -0.15) is 0 Å². The second-order valence-electron chi connectivity index (χ2n) is 5.16. The van der Waals surface area contributed by atoms with E-state index < -0.39 is 9.84 Å². The maximum absolute atomic E-state index is 12.1. The van der Waals surface area contributed by atoms with Crippen LogP contribution < -0.4 is 5.32 Å². The first-order chi connectivity index (χ1) is 11.8. The lowest BCUT2D eigenvalue weighted by molar-refractivity contribution is -0.115. The van der Waals surface area contributed by atoms with Gasteiger partial charge in [-0.05, 0) is 45.8 Å². The zero-order chi connectivity index (χ0) is 18.0. The van der Waals surface area contributed by atoms with E-state index in [0.29, 0.717) is 11.5 Å². The molecule has 0 bridgehead atoms. The van der Waals surface area contributed by atoms with Gasteiger partial charge in [0.25, 0.3) is 5.89 Å². The topological polar surface area (TPSA) is 102 Å². The number of nitrogens with one attached hydrogen (secondary N) is 1. The number of hydrogen-bond donors (Lipinski definition) is 1. The normalized spacial score (nSPS) is 11.4. The molecule has 3 aromatic rings. The van der Waals surface area contributed by atoms with Crippen LogP contribution in [0.15, 0.2) is 49.5 Å². The van der Waals surface area contributed by atoms with Crippen LogP contribution in [0.1, 0.15) is 5.56 Å². The van der Waals surface area contributed by atoms with Crippen LogP contribution in [0.4, 0.5) is 6.01 Å². The third kappa shape index (κ3) is 4.53. The van der Waals surface area contributed by atoms with Crippen LogP contribution in [-0.4, -0.2) is 30.8 Å². The minimum atomic E-state index is -3.25. The number of carbonyl (C=O) groups is 1. The molecule has 1 aromatic carbocycles. The molecule has 0 atom stereocenters. The average Bonchev–Trinajstić information content (AvgIpc) is 3.15. The molecule has 7 nitrogen and oxygen atoms in total. The summed E-state index contributed by atoms with van der Waals surface area (Å²) in [6.45, 7) is 0. The van der Waals surface area contributed by atoms with Crippen molar-refractivity contribution >= 4 is 49.0 Å². The summed E-state index contributed by atoms with van der Waals surface area (Å²) >= 11 is 4.79. The lowest BCUT2D eigenvalue weighted by Gasteiger charge is -2.03. The van der Waals surface area contributed by atoms with Crippen molar-refractivity contribution in [3.05, 3.63) is 45.7 Å². The van der Waals surface area contributed by atoms with E-state index in [0.717, 1.165) is 14.9 Å². The van der Waals surface area contributed by atoms with Gasteiger partial charge in [-0.1, -0.05) is 17.2 Å². The zero-order valence-corrected chi connectivity index (χ0v) is 16.1. The fourth-order valence-electron chi connectivity index (χ4n) is 2.01. The highest BCUT2D eigenvalue weighted by Gasteiger charge is 2.14. The lowest BCUT2D eigenvalue weighted by atomic mass is 10.1. The SMILES string of the molecule is CS(=O)(=O)c1ccc(CC(=O)Nc2nnc(-c3ccc(Br)s3)o2)cc1. The number of amides is 1. The Hall–Kier alpha value is -2.04. The monoisotopic (exact) mass is 441 g/mol. The Kier molecular flexibility index (Phi) is 5.02. The molecule has 25 heavy (non-hydrogen) atoms. The minimum Gasteiger partial charge on any atom is -0.402 e. The Morgan fingerprint density at radius 1 is 1.20 bits per heavy atom. The summed E-state index contributed by atoms with van der Waals surface area (Å²) in [4.78, 5) is 13.0. The number of rotatable bonds is 5. The third-order valence-electron chi connectivity index (χ3n) is 3.17. The first-order valence-corrected chi connectivity index (χ1v) is 10.5. The van der Waals surface area contributed by atoms with Crippen molar-refractivity contribution in [3.63, 3.8) is 0 Å². The predicted octanol–water partition coefficient (Wildman–Crippen LogP) is 3.15. The molecule has 130 valence electrons. The molecular formula is C15H12BrN3O4S2. The number of nitrogens with zero attached hydrogens (tertiary/aromatic N) is 2. The second kappa shape index (κ2) is 7.06. The van der Waals surface area contributed by atoms with E-state index in [9.17, 15) is 13.2 Å². The van der Waals surface area contributed by atoms with E-state index in [1.165, 1.54) is 23.5 Å². The first kappa shape index (κ1) is 17.8. The Morgan fingerprint density at radius 3 is 2.52 bits per heavy atom. The van der Waals surface area contributed by atoms with E-state index in [1.54, 1.807) is 12.1 Å². The summed E-state index contributed by atoms with van der Waals surface area (Å²) in [5, 5.41) is 10.2. The molecule has 0 aliphatic rings. The quantitative estimate of drug-likeness (QED) is 0.652. The van der Waals surface area contributed by atoms with Gasteiger partial charge in [-0.15, -0.1) is 16.4 Å².